The summed E-state index contributed by atoms with van der Waals surface area (Å²) in [5, 5.41) is 9.56. The molecule has 1 aromatic heterocycles. The third-order valence-electron chi connectivity index (χ3n) is 3.99. The molecule has 0 atom stereocenters. The highest BCUT2D eigenvalue weighted by Crippen LogP contribution is 2.24. The molecule has 114 valence electrons. The molecule has 5 heteroatoms. The lowest BCUT2D eigenvalue weighted by Gasteiger charge is -2.30. The van der Waals surface area contributed by atoms with E-state index in [1.54, 1.807) is 4.90 Å². The van der Waals surface area contributed by atoms with Crippen LogP contribution in [0.25, 0.3) is 11.1 Å². The summed E-state index contributed by atoms with van der Waals surface area (Å²) in [5.74, 6) is -0.109. The van der Waals surface area contributed by atoms with Crippen LogP contribution in [0.3, 0.4) is 0 Å². The molecule has 2 N–H and O–H groups in total. The number of likely N-dealkylation sites (tertiary alicyclic amines) is 1. The zero-order valence-electron chi connectivity index (χ0n) is 12.2. The van der Waals surface area contributed by atoms with Gasteiger partial charge < -0.3 is 15.0 Å². The third-order valence-corrected chi connectivity index (χ3v) is 3.99. The number of hydrogen-bond acceptors (Lipinski definition) is 3. The summed E-state index contributed by atoms with van der Waals surface area (Å²) >= 11 is 0. The second-order valence-electron chi connectivity index (χ2n) is 5.51. The maximum Gasteiger partial charge on any atom is 0.255 e. The summed E-state index contributed by atoms with van der Waals surface area (Å²) in [6.45, 7) is 1.07. The fourth-order valence-corrected chi connectivity index (χ4v) is 2.74. The molecule has 0 aliphatic carbocycles. The molecule has 0 unspecified atom stereocenters. The van der Waals surface area contributed by atoms with Gasteiger partial charge in [0, 0.05) is 30.9 Å². The smallest absolute Gasteiger partial charge is 0.255 e. The number of benzene rings is 1. The van der Waals surface area contributed by atoms with Gasteiger partial charge >= 0.3 is 0 Å². The highest BCUT2D eigenvalue weighted by molar-refractivity contribution is 6.00. The van der Waals surface area contributed by atoms with Crippen molar-refractivity contribution in [2.75, 3.05) is 13.1 Å². The van der Waals surface area contributed by atoms with E-state index < -0.39 is 0 Å². The number of aromatic nitrogens is 1. The molecule has 3 rings (SSSR count). The van der Waals surface area contributed by atoms with E-state index in [1.165, 1.54) is 12.3 Å². The van der Waals surface area contributed by atoms with Gasteiger partial charge in [0.15, 0.2) is 0 Å². The first kappa shape index (κ1) is 14.5. The van der Waals surface area contributed by atoms with Gasteiger partial charge in [-0.3, -0.25) is 9.59 Å². The summed E-state index contributed by atoms with van der Waals surface area (Å²) < 4.78 is 0. The zero-order chi connectivity index (χ0) is 15.5. The van der Waals surface area contributed by atoms with Crippen molar-refractivity contribution in [2.45, 2.75) is 18.9 Å². The van der Waals surface area contributed by atoms with Crippen molar-refractivity contribution < 1.29 is 9.90 Å². The molecule has 0 saturated carbocycles. The first-order chi connectivity index (χ1) is 10.6. The van der Waals surface area contributed by atoms with Crippen LogP contribution in [0.4, 0.5) is 0 Å². The molecule has 1 amide bonds. The lowest BCUT2D eigenvalue weighted by molar-refractivity contribution is 0.0547. The van der Waals surface area contributed by atoms with Crippen LogP contribution in [0.5, 0.6) is 0 Å². The Morgan fingerprint density at radius 3 is 2.55 bits per heavy atom. The summed E-state index contributed by atoms with van der Waals surface area (Å²) in [6, 6.07) is 10.9. The van der Waals surface area contributed by atoms with Crippen molar-refractivity contribution >= 4 is 5.91 Å². The molecule has 2 heterocycles. The van der Waals surface area contributed by atoms with E-state index in [4.69, 9.17) is 0 Å². The number of pyridine rings is 1. The number of aliphatic hydroxyl groups is 1. The summed E-state index contributed by atoms with van der Waals surface area (Å²) in [7, 11) is 0. The standard InChI is InChI=1S/C17H18N2O3/c20-13-6-8-19(9-7-13)17(22)15-11-18-16(21)10-14(15)12-4-2-1-3-5-12/h1-5,10-11,13,20H,6-9H2,(H,18,21). The predicted octanol–water partition coefficient (Wildman–Crippen LogP) is 1.64. The van der Waals surface area contributed by atoms with Gasteiger partial charge in [0.2, 0.25) is 5.56 Å². The number of piperidine rings is 1. The van der Waals surface area contributed by atoms with E-state index >= 15 is 0 Å². The van der Waals surface area contributed by atoms with E-state index in [0.29, 0.717) is 37.1 Å². The number of nitrogens with one attached hydrogen (secondary N) is 1. The summed E-state index contributed by atoms with van der Waals surface area (Å²) in [4.78, 5) is 28.7. The summed E-state index contributed by atoms with van der Waals surface area (Å²) in [6.07, 6.45) is 2.34. The van der Waals surface area contributed by atoms with Crippen LogP contribution in [-0.2, 0) is 0 Å². The van der Waals surface area contributed by atoms with Crippen molar-refractivity contribution in [3.05, 3.63) is 58.5 Å². The Kier molecular flexibility index (Phi) is 4.06. The van der Waals surface area contributed by atoms with E-state index in [1.807, 2.05) is 30.3 Å². The van der Waals surface area contributed by atoms with E-state index in [-0.39, 0.29) is 17.6 Å². The van der Waals surface area contributed by atoms with Gasteiger partial charge in [-0.05, 0) is 18.4 Å². The highest BCUT2D eigenvalue weighted by atomic mass is 16.3. The topological polar surface area (TPSA) is 73.4 Å². The fraction of sp³-hybridized carbons (Fsp3) is 0.294. The Morgan fingerprint density at radius 2 is 1.86 bits per heavy atom. The Hall–Kier alpha value is -2.40. The van der Waals surface area contributed by atoms with E-state index in [2.05, 4.69) is 4.98 Å². The number of amides is 1. The van der Waals surface area contributed by atoms with Crippen molar-refractivity contribution in [1.82, 2.24) is 9.88 Å². The molecular weight excluding hydrogens is 280 g/mol. The average molecular weight is 298 g/mol. The van der Waals surface area contributed by atoms with Crippen molar-refractivity contribution in [3.63, 3.8) is 0 Å². The molecule has 1 saturated heterocycles. The van der Waals surface area contributed by atoms with Crippen molar-refractivity contribution in [2.24, 2.45) is 0 Å². The number of nitrogens with zero attached hydrogens (tertiary/aromatic N) is 1. The molecular formula is C17H18N2O3. The SMILES string of the molecule is O=C(c1c[nH]c(=O)cc1-c1ccccc1)N1CCC(O)CC1. The zero-order valence-corrected chi connectivity index (χ0v) is 12.2. The summed E-state index contributed by atoms with van der Waals surface area (Å²) in [5.41, 5.74) is 1.74. The number of hydrogen-bond donors (Lipinski definition) is 2. The van der Waals surface area contributed by atoms with E-state index in [0.717, 1.165) is 5.56 Å². The second kappa shape index (κ2) is 6.15. The first-order valence-electron chi connectivity index (χ1n) is 7.40. The number of rotatable bonds is 2. The molecule has 1 aliphatic heterocycles. The van der Waals surface area contributed by atoms with E-state index in [9.17, 15) is 14.7 Å². The van der Waals surface area contributed by atoms with Crippen molar-refractivity contribution in [3.8, 4) is 11.1 Å². The van der Waals surface area contributed by atoms with Gasteiger partial charge in [-0.15, -0.1) is 0 Å². The van der Waals surface area contributed by atoms with Gasteiger partial charge in [0.05, 0.1) is 11.7 Å². The molecule has 0 radical (unpaired) electrons. The maximum absolute atomic E-state index is 12.7. The Balaban J connectivity index is 1.97. The van der Waals surface area contributed by atoms with Gasteiger partial charge in [-0.1, -0.05) is 30.3 Å². The normalized spacial score (nSPS) is 15.8. The minimum atomic E-state index is -0.326. The second-order valence-corrected chi connectivity index (χ2v) is 5.51. The van der Waals surface area contributed by atoms with Crippen LogP contribution in [-0.4, -0.2) is 40.1 Å². The minimum absolute atomic E-state index is 0.109. The largest absolute Gasteiger partial charge is 0.393 e. The Labute approximate surface area is 128 Å². The van der Waals surface area contributed by atoms with Crippen LogP contribution in [0.1, 0.15) is 23.2 Å². The van der Waals surface area contributed by atoms with Crippen LogP contribution >= 0.6 is 0 Å². The molecule has 1 fully saturated rings. The monoisotopic (exact) mass is 298 g/mol. The van der Waals surface area contributed by atoms with Gasteiger partial charge in [-0.25, -0.2) is 0 Å². The first-order valence-corrected chi connectivity index (χ1v) is 7.40. The molecule has 0 spiro atoms. The Morgan fingerprint density at radius 1 is 1.18 bits per heavy atom. The van der Waals surface area contributed by atoms with Gasteiger partial charge in [0.25, 0.3) is 5.91 Å². The average Bonchev–Trinajstić information content (AvgIpc) is 2.56. The third kappa shape index (κ3) is 2.94. The molecule has 0 bridgehead atoms. The molecule has 22 heavy (non-hydrogen) atoms. The maximum atomic E-state index is 12.7. The highest BCUT2D eigenvalue weighted by Gasteiger charge is 2.24. The number of aliphatic hydroxyl groups excluding tert-OH is 1. The quantitative estimate of drug-likeness (QED) is 0.885. The van der Waals surface area contributed by atoms with Crippen LogP contribution in [0, 0.1) is 0 Å². The van der Waals surface area contributed by atoms with Gasteiger partial charge in [0.1, 0.15) is 0 Å². The number of aromatic amines is 1. The van der Waals surface area contributed by atoms with Crippen molar-refractivity contribution in [1.29, 1.82) is 0 Å². The molecule has 1 aliphatic rings. The predicted molar refractivity (Wildman–Crippen MR) is 83.6 cm³/mol. The molecule has 5 nitrogen and oxygen atoms in total. The molecule has 2 aromatic rings. The minimum Gasteiger partial charge on any atom is -0.393 e. The molecule has 1 aromatic carbocycles. The van der Waals surface area contributed by atoms with Crippen LogP contribution in [0.15, 0.2) is 47.4 Å². The van der Waals surface area contributed by atoms with Gasteiger partial charge in [-0.2, -0.15) is 0 Å². The van der Waals surface area contributed by atoms with Crippen LogP contribution in [0.2, 0.25) is 0 Å². The lowest BCUT2D eigenvalue weighted by atomic mass is 9.99. The Bertz CT molecular complexity index is 716. The fourth-order valence-electron chi connectivity index (χ4n) is 2.74. The number of H-pyrrole nitrogens is 1. The lowest BCUT2D eigenvalue weighted by Crippen LogP contribution is -2.40. The number of carbonyl (C=O) groups is 1. The number of carbonyl (C=O) groups excluding carboxylic acids is 1. The van der Waals surface area contributed by atoms with Crippen LogP contribution < -0.4 is 5.56 Å².